The molecule has 6 heterocycles. The zero-order chi connectivity index (χ0) is 83.4. The van der Waals surface area contributed by atoms with Crippen LogP contribution in [0.4, 0.5) is 28.4 Å². The largest absolute Gasteiger partial charge is 0.426 e. The van der Waals surface area contributed by atoms with E-state index in [1.54, 1.807) is 61.5 Å². The lowest BCUT2D eigenvalue weighted by molar-refractivity contribution is -0.153. The Morgan fingerprint density at radius 1 is 0.342 bits per heavy atom. The van der Waals surface area contributed by atoms with Gasteiger partial charge in [-0.1, -0.05) is 94.1 Å². The van der Waals surface area contributed by atoms with E-state index in [1.165, 1.54) is 93.0 Å². The second-order valence-corrected chi connectivity index (χ2v) is 35.5. The predicted octanol–water partition coefficient (Wildman–Crippen LogP) is 11.7. The number of imide groups is 6. The van der Waals surface area contributed by atoms with Gasteiger partial charge in [0.2, 0.25) is 70.9 Å². The fourth-order valence-electron chi connectivity index (χ4n) is 24.0. The third-order valence-electron chi connectivity index (χ3n) is 29.2. The number of esters is 3. The van der Waals surface area contributed by atoms with E-state index in [4.69, 9.17) is 18.9 Å². The molecule has 616 valence electrons. The van der Waals surface area contributed by atoms with Gasteiger partial charge in [-0.05, 0) is 185 Å². The Balaban J connectivity index is 0.593. The van der Waals surface area contributed by atoms with Crippen LogP contribution >= 0.6 is 0 Å². The highest BCUT2D eigenvalue weighted by molar-refractivity contribution is 6.26. The first-order chi connectivity index (χ1) is 57.9. The van der Waals surface area contributed by atoms with Gasteiger partial charge in [-0.2, -0.15) is 0 Å². The van der Waals surface area contributed by atoms with Crippen molar-refractivity contribution < 1.29 is 95.7 Å². The Hall–Kier alpha value is -11.8. The van der Waals surface area contributed by atoms with Crippen molar-refractivity contribution >= 4 is 123 Å². The van der Waals surface area contributed by atoms with Crippen molar-refractivity contribution in [3.05, 3.63) is 167 Å². The molecule has 6 aromatic rings. The van der Waals surface area contributed by atoms with Gasteiger partial charge in [-0.3, -0.25) is 72.0 Å². The Labute approximate surface area is 690 Å². The van der Waals surface area contributed by atoms with Gasteiger partial charge in [0.1, 0.15) is 17.2 Å². The van der Waals surface area contributed by atoms with Crippen molar-refractivity contribution in [2.24, 2.45) is 107 Å². The van der Waals surface area contributed by atoms with Gasteiger partial charge in [0.15, 0.2) is 5.78 Å². The van der Waals surface area contributed by atoms with Crippen LogP contribution < -0.4 is 38.7 Å². The first-order valence-corrected chi connectivity index (χ1v) is 42.6. The molecule has 0 radical (unpaired) electrons. The number of fused-ring (bicyclic) bond motifs is 27. The van der Waals surface area contributed by atoms with Crippen LogP contribution in [0.15, 0.2) is 133 Å². The molecule has 0 N–H and O–H groups in total. The maximum absolute atomic E-state index is 15.7. The highest BCUT2D eigenvalue weighted by Gasteiger charge is 2.72. The molecule has 13 aliphatic rings. The fraction of sp³-hybridized carbons (Fsp3) is 0.447. The Morgan fingerprint density at radius 3 is 1.04 bits per heavy atom. The number of ketones is 1. The minimum Gasteiger partial charge on any atom is -0.426 e. The van der Waals surface area contributed by atoms with Gasteiger partial charge >= 0.3 is 17.9 Å². The zero-order valence-corrected chi connectivity index (χ0v) is 66.8. The number of rotatable bonds is 22. The van der Waals surface area contributed by atoms with Crippen LogP contribution in [0.5, 0.6) is 17.2 Å². The number of piperidine rings is 6. The monoisotopic (exact) mass is 1620 g/mol. The lowest BCUT2D eigenvalue weighted by atomic mass is 9.82. The molecule has 7 saturated carbocycles. The highest BCUT2D eigenvalue weighted by atomic mass is 16.5. The Bertz CT molecular complexity index is 5320. The van der Waals surface area contributed by atoms with Gasteiger partial charge < -0.3 is 18.9 Å². The number of nitrogens with zero attached hydrogens (tertiary/aromatic N) is 6. The van der Waals surface area contributed by atoms with E-state index < -0.39 is 195 Å². The van der Waals surface area contributed by atoms with E-state index in [0.717, 1.165) is 73.7 Å². The summed E-state index contributed by atoms with van der Waals surface area (Å²) in [6.45, 7) is 6.59. The lowest BCUT2D eigenvalue weighted by Crippen LogP contribution is -2.53. The maximum atomic E-state index is 15.7. The minimum absolute atomic E-state index is 0.000279. The number of hydrogen-bond acceptors (Lipinski definition) is 20. The maximum Gasteiger partial charge on any atom is 0.343 e. The van der Waals surface area contributed by atoms with Crippen LogP contribution in [-0.2, 0) is 67.1 Å². The highest BCUT2D eigenvalue weighted by Crippen LogP contribution is 2.66. The first kappa shape index (κ1) is 78.1. The summed E-state index contributed by atoms with van der Waals surface area (Å²) >= 11 is 0. The quantitative estimate of drug-likeness (QED) is 0.0152. The average molecular weight is 1620 g/mol. The number of anilines is 5. The lowest BCUT2D eigenvalue weighted by Gasteiger charge is -2.38. The van der Waals surface area contributed by atoms with Crippen molar-refractivity contribution in [3.8, 4) is 17.2 Å². The number of carbonyl (C=O) groups excluding carboxylic acids is 16. The molecule has 0 aromatic heterocycles. The van der Waals surface area contributed by atoms with E-state index in [-0.39, 0.29) is 114 Å². The Morgan fingerprint density at radius 2 is 0.667 bits per heavy atom. The number of hydrogen-bond donors (Lipinski definition) is 0. The zero-order valence-electron chi connectivity index (χ0n) is 66.8. The van der Waals surface area contributed by atoms with Gasteiger partial charge in [0.05, 0.1) is 45.7 Å². The number of carbonyl (C=O) groups is 16. The second-order valence-electron chi connectivity index (χ2n) is 35.5. The molecule has 6 aliphatic heterocycles. The molecule has 18 unspecified atom stereocenters. The van der Waals surface area contributed by atoms with Crippen molar-refractivity contribution in [1.29, 1.82) is 0 Å². The van der Waals surface area contributed by atoms with Crippen molar-refractivity contribution in [3.63, 3.8) is 0 Å². The van der Waals surface area contributed by atoms with Crippen LogP contribution in [0.3, 0.4) is 0 Å². The molecule has 12 bridgehead atoms. The second kappa shape index (κ2) is 30.2. The van der Waals surface area contributed by atoms with Crippen molar-refractivity contribution in [2.75, 3.05) is 38.2 Å². The number of benzene rings is 6. The third-order valence-corrected chi connectivity index (χ3v) is 29.2. The molecule has 19 rings (SSSR count). The van der Waals surface area contributed by atoms with Crippen LogP contribution in [0, 0.1) is 113 Å². The van der Waals surface area contributed by atoms with Gasteiger partial charge in [0, 0.05) is 133 Å². The van der Waals surface area contributed by atoms with Crippen LogP contribution in [0.25, 0.3) is 0 Å². The van der Waals surface area contributed by atoms with Crippen molar-refractivity contribution in [2.45, 2.75) is 142 Å². The molecule has 26 heteroatoms. The van der Waals surface area contributed by atoms with E-state index in [1.807, 2.05) is 19.1 Å². The number of ether oxygens (including phenoxy) is 4. The smallest absolute Gasteiger partial charge is 0.343 e. The summed E-state index contributed by atoms with van der Waals surface area (Å²) < 4.78 is 24.1. The number of aryl methyl sites for hydroxylation is 1. The summed E-state index contributed by atoms with van der Waals surface area (Å²) in [5.41, 5.74) is 2.04. The predicted molar refractivity (Wildman–Crippen MR) is 428 cm³/mol. The fourth-order valence-corrected chi connectivity index (χ4v) is 24.0. The first-order valence-electron chi connectivity index (χ1n) is 42.6. The van der Waals surface area contributed by atoms with E-state index in [0.29, 0.717) is 35.4 Å². The molecule has 12 amide bonds. The Kier molecular flexibility index (Phi) is 19.6. The SMILES string of the molecule is CCCCCCOC1CCC(c2ccc(C(=O)Oc3cc(C)cc(N4C(=O)C5CC(C4=O)C4C6CC(C(=O)N(c7cc(OC(=O)c8ccc(C(=O)c9ccccc9)cc8)cc(N8C(=O)C9CC(C8=O)C8C%10CC(C(=O)N(c%11cc(OC(=O)CCCC)cc(N%12C(=O)C%13CC(C%12=O)C%12C%14CC(C(=O)N(C)C%14=O)C%13%12)c%11)C%10=O)C98)c7)C6=O)C54)c3)cc2)CC1. The van der Waals surface area contributed by atoms with Crippen molar-refractivity contribution in [1.82, 2.24) is 4.90 Å². The number of amides is 12. The van der Waals surface area contributed by atoms with E-state index >= 15 is 38.4 Å². The molecular formula is C94H90N6O20. The van der Waals surface area contributed by atoms with Crippen LogP contribution in [0.2, 0.25) is 0 Å². The summed E-state index contributed by atoms with van der Waals surface area (Å²) in [6, 6.07) is 33.9. The normalized spacial score (nSPS) is 31.0. The van der Waals surface area contributed by atoms with E-state index in [9.17, 15) is 38.4 Å². The van der Waals surface area contributed by atoms with Gasteiger partial charge in [0.25, 0.3) is 0 Å². The molecule has 26 nitrogen and oxygen atoms in total. The van der Waals surface area contributed by atoms with Crippen LogP contribution in [0.1, 0.15) is 177 Å². The van der Waals surface area contributed by atoms with E-state index in [2.05, 4.69) is 6.92 Å². The molecule has 6 saturated heterocycles. The number of likely N-dealkylation sites (tertiary alicyclic amines) is 1. The number of unbranched alkanes of at least 4 members (excludes halogenated alkanes) is 4. The summed E-state index contributed by atoms with van der Waals surface area (Å²) in [5.74, 6) is -26.6. The topological polar surface area (TPSA) is 329 Å². The standard InChI is InChI=1S/C94H90N6O20/c1-5-7-9-13-29-117-57-27-25-47(26-28-57)46-17-21-50(22-18-46)93(115)119-58-31-45(3)30-52(34-58)96-83(105)65-41-66(84(96)106)77-68-42-67(76(65)77)89(111)99(90(68)112)55-33-56(38-60(37-55)120-94(116)51-23-19-49(20-24-51)80(102)48-14-11-10-12-15-48)100-91(113)71-44-72(92(100)114)79-70-43-69(78(71)79)87(109)98(88(70)110)54-32-53(35-59(36-54)118-73(101)16-8-6-2)97-85(107)63-40-64(86(97)108)75-62-39-61(74(63)75)81(103)95(4)82(62)104/h10-12,14-15,17-24,30-38,47,57,61-72,74-79H,5-9,13,16,25-29,39-44H2,1-4H3. The molecule has 13 fully saturated rings. The molecule has 6 aromatic carbocycles. The summed E-state index contributed by atoms with van der Waals surface area (Å²) in [6.07, 6.45) is 10.1. The molecule has 7 aliphatic carbocycles. The summed E-state index contributed by atoms with van der Waals surface area (Å²) in [4.78, 5) is 242. The average Bonchev–Trinajstić information content (AvgIpc) is 1.53. The molecule has 0 spiro atoms. The third kappa shape index (κ3) is 12.6. The molecule has 18 atom stereocenters. The van der Waals surface area contributed by atoms with Crippen LogP contribution in [-0.4, -0.2) is 119 Å². The van der Waals surface area contributed by atoms with Gasteiger partial charge in [-0.25, -0.2) is 34.1 Å². The van der Waals surface area contributed by atoms with Gasteiger partial charge in [-0.15, -0.1) is 0 Å². The minimum atomic E-state index is -1.10. The molecular weight excluding hydrogens is 1530 g/mol. The summed E-state index contributed by atoms with van der Waals surface area (Å²) in [5, 5.41) is 0. The molecule has 120 heavy (non-hydrogen) atoms. The summed E-state index contributed by atoms with van der Waals surface area (Å²) in [7, 11) is 1.40.